The number of pyridine rings is 1. The standard InChI is InChI=1S/C25H29ClN8O2/c26-21-11-18(9-10-27-21)32-25(36)20-13-28-23-19(29-15-3-4-15)12-22(33-34(20)23)30-16-5-7-17(8-6-16)31-24(35)14-1-2-14/h9-17,29H,1-8H2,(H,30,33)(H,31,35)(H,27,32,36)/t16-,17-. The summed E-state index contributed by atoms with van der Waals surface area (Å²) in [5, 5.41) is 18.2. The summed E-state index contributed by atoms with van der Waals surface area (Å²) in [6.45, 7) is 0. The number of imidazole rings is 1. The predicted octanol–water partition coefficient (Wildman–Crippen LogP) is 3.85. The largest absolute Gasteiger partial charge is 0.379 e. The fourth-order valence-corrected chi connectivity index (χ4v) is 4.85. The Morgan fingerprint density at radius 2 is 1.64 bits per heavy atom. The van der Waals surface area contributed by atoms with E-state index >= 15 is 0 Å². The molecule has 0 aromatic carbocycles. The van der Waals surface area contributed by atoms with Gasteiger partial charge in [0.25, 0.3) is 5.91 Å². The minimum atomic E-state index is -0.335. The molecule has 10 nitrogen and oxygen atoms in total. The van der Waals surface area contributed by atoms with E-state index in [1.807, 2.05) is 6.07 Å². The minimum Gasteiger partial charge on any atom is -0.379 e. The molecule has 0 saturated heterocycles. The van der Waals surface area contributed by atoms with Crippen LogP contribution in [0.2, 0.25) is 5.15 Å². The first kappa shape index (κ1) is 23.0. The smallest absolute Gasteiger partial charge is 0.276 e. The predicted molar refractivity (Wildman–Crippen MR) is 137 cm³/mol. The number of hydrogen-bond donors (Lipinski definition) is 4. The molecule has 188 valence electrons. The first-order valence-corrected chi connectivity index (χ1v) is 13.0. The molecule has 0 bridgehead atoms. The van der Waals surface area contributed by atoms with Gasteiger partial charge < -0.3 is 21.3 Å². The molecule has 6 rings (SSSR count). The third-order valence-corrected chi connectivity index (χ3v) is 7.20. The van der Waals surface area contributed by atoms with E-state index in [1.165, 1.54) is 12.4 Å². The van der Waals surface area contributed by atoms with Crippen LogP contribution in [0.3, 0.4) is 0 Å². The van der Waals surface area contributed by atoms with Crippen molar-refractivity contribution in [3.8, 4) is 0 Å². The summed E-state index contributed by atoms with van der Waals surface area (Å²) in [4.78, 5) is 33.6. The Hall–Kier alpha value is -3.40. The zero-order chi connectivity index (χ0) is 24.6. The van der Waals surface area contributed by atoms with Gasteiger partial charge in [-0.25, -0.2) is 14.5 Å². The van der Waals surface area contributed by atoms with E-state index in [-0.39, 0.29) is 29.8 Å². The van der Waals surface area contributed by atoms with Crippen LogP contribution in [0.15, 0.2) is 30.6 Å². The molecule has 11 heteroatoms. The Bertz CT molecular complexity index is 1290. The van der Waals surface area contributed by atoms with Crippen molar-refractivity contribution in [1.82, 2.24) is 24.9 Å². The van der Waals surface area contributed by atoms with Gasteiger partial charge in [-0.05, 0) is 63.5 Å². The van der Waals surface area contributed by atoms with Crippen molar-refractivity contribution in [2.24, 2.45) is 5.92 Å². The fraction of sp³-hybridized carbons (Fsp3) is 0.480. The number of carbonyl (C=O) groups excluding carboxylic acids is 2. The third-order valence-electron chi connectivity index (χ3n) is 7.00. The summed E-state index contributed by atoms with van der Waals surface area (Å²) < 4.78 is 1.59. The molecule has 0 spiro atoms. The van der Waals surface area contributed by atoms with Gasteiger partial charge in [-0.1, -0.05) is 11.6 Å². The van der Waals surface area contributed by atoms with Gasteiger partial charge in [0.1, 0.15) is 11.0 Å². The molecule has 3 heterocycles. The highest BCUT2D eigenvalue weighted by molar-refractivity contribution is 6.29. The summed E-state index contributed by atoms with van der Waals surface area (Å²) in [6.07, 6.45) is 11.1. The van der Waals surface area contributed by atoms with Gasteiger partial charge in [-0.2, -0.15) is 0 Å². The summed E-state index contributed by atoms with van der Waals surface area (Å²) in [5.74, 6) is 0.814. The summed E-state index contributed by atoms with van der Waals surface area (Å²) in [7, 11) is 0. The van der Waals surface area contributed by atoms with Gasteiger partial charge in [0.05, 0.1) is 11.9 Å². The van der Waals surface area contributed by atoms with Crippen LogP contribution in [0.4, 0.5) is 17.2 Å². The molecule has 2 amide bonds. The molecule has 4 N–H and O–H groups in total. The topological polar surface area (TPSA) is 125 Å². The molecule has 3 aliphatic rings. The molecule has 3 aromatic heterocycles. The van der Waals surface area contributed by atoms with Crippen molar-refractivity contribution in [2.75, 3.05) is 16.0 Å². The molecular formula is C25H29ClN8O2. The minimum absolute atomic E-state index is 0.217. The summed E-state index contributed by atoms with van der Waals surface area (Å²) in [6, 6.07) is 6.17. The molecule has 0 unspecified atom stereocenters. The Kier molecular flexibility index (Phi) is 6.12. The van der Waals surface area contributed by atoms with Crippen LogP contribution >= 0.6 is 11.6 Å². The number of halogens is 1. The van der Waals surface area contributed by atoms with Gasteiger partial charge in [-0.3, -0.25) is 9.59 Å². The molecule has 0 atom stereocenters. The second kappa shape index (κ2) is 9.57. The number of amides is 2. The van der Waals surface area contributed by atoms with Crippen LogP contribution in [0.1, 0.15) is 61.9 Å². The second-order valence-electron chi connectivity index (χ2n) is 10.0. The molecule has 3 aromatic rings. The average Bonchev–Trinajstić information content (AvgIpc) is 3.79. The highest BCUT2D eigenvalue weighted by Crippen LogP contribution is 2.31. The number of fused-ring (bicyclic) bond motifs is 1. The molecule has 3 aliphatic carbocycles. The second-order valence-corrected chi connectivity index (χ2v) is 10.4. The van der Waals surface area contributed by atoms with E-state index in [4.69, 9.17) is 16.7 Å². The van der Waals surface area contributed by atoms with Gasteiger partial charge in [-0.15, -0.1) is 5.10 Å². The quantitative estimate of drug-likeness (QED) is 0.340. The maximum atomic E-state index is 13.1. The Morgan fingerprint density at radius 1 is 0.917 bits per heavy atom. The number of nitrogens with one attached hydrogen (secondary N) is 4. The Balaban J connectivity index is 1.19. The normalized spacial score (nSPS) is 21.7. The third kappa shape index (κ3) is 5.23. The van der Waals surface area contributed by atoms with Crippen molar-refractivity contribution in [1.29, 1.82) is 0 Å². The first-order chi connectivity index (χ1) is 17.5. The van der Waals surface area contributed by atoms with E-state index in [0.29, 0.717) is 34.0 Å². The van der Waals surface area contributed by atoms with E-state index in [0.717, 1.165) is 57.1 Å². The number of aromatic nitrogens is 4. The van der Waals surface area contributed by atoms with Gasteiger partial charge in [0.2, 0.25) is 5.91 Å². The molecule has 0 aliphatic heterocycles. The van der Waals surface area contributed by atoms with Crippen LogP contribution in [-0.4, -0.2) is 49.5 Å². The van der Waals surface area contributed by atoms with Crippen LogP contribution in [0.25, 0.3) is 5.65 Å². The van der Waals surface area contributed by atoms with E-state index in [1.54, 1.807) is 16.6 Å². The maximum Gasteiger partial charge on any atom is 0.276 e. The van der Waals surface area contributed by atoms with Crippen molar-refractivity contribution in [3.63, 3.8) is 0 Å². The first-order valence-electron chi connectivity index (χ1n) is 12.7. The van der Waals surface area contributed by atoms with Gasteiger partial charge in [0.15, 0.2) is 11.3 Å². The van der Waals surface area contributed by atoms with Crippen LogP contribution in [0, 0.1) is 5.92 Å². The number of carbonyl (C=O) groups is 2. The zero-order valence-electron chi connectivity index (χ0n) is 19.8. The van der Waals surface area contributed by atoms with Crippen molar-refractivity contribution in [3.05, 3.63) is 41.4 Å². The van der Waals surface area contributed by atoms with Gasteiger partial charge in [0, 0.05) is 42.0 Å². The monoisotopic (exact) mass is 508 g/mol. The van der Waals surface area contributed by atoms with E-state index < -0.39 is 0 Å². The van der Waals surface area contributed by atoms with Crippen LogP contribution in [0.5, 0.6) is 0 Å². The lowest BCUT2D eigenvalue weighted by Gasteiger charge is -2.30. The molecule has 36 heavy (non-hydrogen) atoms. The maximum absolute atomic E-state index is 13.1. The number of nitrogens with zero attached hydrogens (tertiary/aromatic N) is 4. The average molecular weight is 509 g/mol. The Labute approximate surface area is 213 Å². The highest BCUT2D eigenvalue weighted by Gasteiger charge is 2.32. The number of rotatable bonds is 8. The fourth-order valence-electron chi connectivity index (χ4n) is 4.68. The summed E-state index contributed by atoms with van der Waals surface area (Å²) in [5.41, 5.74) is 2.33. The summed E-state index contributed by atoms with van der Waals surface area (Å²) >= 11 is 5.96. The van der Waals surface area contributed by atoms with Crippen LogP contribution in [-0.2, 0) is 4.79 Å². The van der Waals surface area contributed by atoms with Crippen molar-refractivity contribution < 1.29 is 9.59 Å². The zero-order valence-corrected chi connectivity index (χ0v) is 20.6. The molecule has 0 radical (unpaired) electrons. The number of anilines is 3. The van der Waals surface area contributed by atoms with E-state index in [9.17, 15) is 9.59 Å². The lowest BCUT2D eigenvalue weighted by molar-refractivity contribution is -0.123. The highest BCUT2D eigenvalue weighted by atomic mass is 35.5. The van der Waals surface area contributed by atoms with Gasteiger partial charge >= 0.3 is 0 Å². The lowest BCUT2D eigenvalue weighted by Crippen LogP contribution is -2.40. The van der Waals surface area contributed by atoms with E-state index in [2.05, 4.69) is 31.2 Å². The Morgan fingerprint density at radius 3 is 2.36 bits per heavy atom. The van der Waals surface area contributed by atoms with Crippen molar-refractivity contribution in [2.45, 2.75) is 69.5 Å². The lowest BCUT2D eigenvalue weighted by atomic mass is 9.91. The molecule has 3 saturated carbocycles. The molecule has 3 fully saturated rings. The SMILES string of the molecule is O=C(Nc1ccnc(Cl)c1)c1cnc2c(NC3CC3)cc(N[C@H]3CC[C@H](NC(=O)C4CC4)CC3)nn12. The number of hydrogen-bond acceptors (Lipinski definition) is 7. The van der Waals surface area contributed by atoms with Crippen molar-refractivity contribution >= 4 is 46.3 Å². The van der Waals surface area contributed by atoms with Crippen LogP contribution < -0.4 is 21.3 Å². The molecular weight excluding hydrogens is 480 g/mol.